The normalized spacial score (nSPS) is 10.6. The van der Waals surface area contributed by atoms with Crippen molar-refractivity contribution in [3.63, 3.8) is 0 Å². The van der Waals surface area contributed by atoms with Gasteiger partial charge in [0.2, 0.25) is 0 Å². The molecule has 20 heavy (non-hydrogen) atoms. The van der Waals surface area contributed by atoms with Crippen molar-refractivity contribution in [2.24, 2.45) is 7.05 Å². The molecule has 7 heteroatoms. The van der Waals surface area contributed by atoms with E-state index in [0.717, 1.165) is 11.6 Å². The molecule has 0 aliphatic rings. The number of urea groups is 1. The third-order valence-corrected chi connectivity index (χ3v) is 2.86. The summed E-state index contributed by atoms with van der Waals surface area (Å²) in [5.41, 5.74) is 0.693. The minimum atomic E-state index is -0.287. The van der Waals surface area contributed by atoms with Crippen molar-refractivity contribution in [2.45, 2.75) is 26.3 Å². The maximum atomic E-state index is 11.7. The number of nitrogens with one attached hydrogen (secondary N) is 2. The van der Waals surface area contributed by atoms with Crippen molar-refractivity contribution in [1.82, 2.24) is 25.1 Å². The summed E-state index contributed by atoms with van der Waals surface area (Å²) >= 11 is 0. The van der Waals surface area contributed by atoms with Crippen LogP contribution in [-0.4, -0.2) is 25.8 Å². The maximum Gasteiger partial charge on any atom is 0.319 e. The minimum Gasteiger partial charge on any atom is -0.331 e. The molecule has 0 saturated heterocycles. The standard InChI is InChI=1S/C13H18N6O/c1-9(2)12-18-17-11(19(12)3)8-15-13(20)16-10-4-6-14-7-5-10/h4-7,9H,8H2,1-3H3,(H2,14,15,16,20). The molecule has 2 aromatic heterocycles. The first kappa shape index (κ1) is 14.0. The molecule has 0 spiro atoms. The number of aromatic nitrogens is 4. The average molecular weight is 274 g/mol. The summed E-state index contributed by atoms with van der Waals surface area (Å²) in [7, 11) is 1.90. The van der Waals surface area contributed by atoms with Gasteiger partial charge in [0.25, 0.3) is 0 Å². The molecule has 0 bridgehead atoms. The van der Waals surface area contributed by atoms with E-state index in [2.05, 4.69) is 39.7 Å². The first-order chi connectivity index (χ1) is 9.58. The molecule has 0 fully saturated rings. The van der Waals surface area contributed by atoms with Crippen LogP contribution in [0.25, 0.3) is 0 Å². The van der Waals surface area contributed by atoms with Crippen LogP contribution in [0.15, 0.2) is 24.5 Å². The molecule has 0 saturated carbocycles. The Hall–Kier alpha value is -2.44. The van der Waals surface area contributed by atoms with Crippen LogP contribution in [0.4, 0.5) is 10.5 Å². The van der Waals surface area contributed by atoms with Gasteiger partial charge in [0.15, 0.2) is 5.82 Å². The number of carbonyl (C=O) groups is 1. The largest absolute Gasteiger partial charge is 0.331 e. The van der Waals surface area contributed by atoms with Crippen molar-refractivity contribution in [3.8, 4) is 0 Å². The number of nitrogens with zero attached hydrogens (tertiary/aromatic N) is 4. The van der Waals surface area contributed by atoms with Gasteiger partial charge in [-0.2, -0.15) is 0 Å². The Bertz CT molecular complexity index is 578. The Morgan fingerprint density at radius 2 is 2.00 bits per heavy atom. The van der Waals surface area contributed by atoms with Crippen LogP contribution >= 0.6 is 0 Å². The van der Waals surface area contributed by atoms with Gasteiger partial charge in [-0.3, -0.25) is 4.98 Å². The van der Waals surface area contributed by atoms with Gasteiger partial charge in [0.1, 0.15) is 5.82 Å². The number of carbonyl (C=O) groups excluding carboxylic acids is 1. The lowest BCUT2D eigenvalue weighted by atomic mass is 10.2. The monoisotopic (exact) mass is 274 g/mol. The summed E-state index contributed by atoms with van der Waals surface area (Å²) in [6, 6.07) is 3.16. The zero-order valence-electron chi connectivity index (χ0n) is 11.8. The van der Waals surface area contributed by atoms with E-state index in [9.17, 15) is 4.79 Å². The number of hydrogen-bond donors (Lipinski definition) is 2. The average Bonchev–Trinajstić information content (AvgIpc) is 2.79. The van der Waals surface area contributed by atoms with Gasteiger partial charge in [-0.25, -0.2) is 4.79 Å². The quantitative estimate of drug-likeness (QED) is 0.888. The molecule has 2 heterocycles. The zero-order chi connectivity index (χ0) is 14.5. The number of pyridine rings is 1. The van der Waals surface area contributed by atoms with E-state index < -0.39 is 0 Å². The highest BCUT2D eigenvalue weighted by Crippen LogP contribution is 2.11. The molecule has 7 nitrogen and oxygen atoms in total. The van der Waals surface area contributed by atoms with E-state index in [0.29, 0.717) is 18.2 Å². The van der Waals surface area contributed by atoms with Crippen molar-refractivity contribution in [2.75, 3.05) is 5.32 Å². The van der Waals surface area contributed by atoms with Crippen molar-refractivity contribution in [3.05, 3.63) is 36.2 Å². The summed E-state index contributed by atoms with van der Waals surface area (Å²) in [4.78, 5) is 15.6. The van der Waals surface area contributed by atoms with Gasteiger partial charge in [-0.1, -0.05) is 13.8 Å². The molecule has 0 aliphatic heterocycles. The number of rotatable bonds is 4. The number of amides is 2. The third-order valence-electron chi connectivity index (χ3n) is 2.86. The van der Waals surface area contributed by atoms with E-state index in [1.54, 1.807) is 24.5 Å². The third kappa shape index (κ3) is 3.31. The van der Waals surface area contributed by atoms with Gasteiger partial charge >= 0.3 is 6.03 Å². The lowest BCUT2D eigenvalue weighted by Crippen LogP contribution is -2.29. The van der Waals surface area contributed by atoms with E-state index in [4.69, 9.17) is 0 Å². The van der Waals surface area contributed by atoms with E-state index in [1.165, 1.54) is 0 Å². The molecule has 106 valence electrons. The molecule has 2 amide bonds. The van der Waals surface area contributed by atoms with Gasteiger partial charge in [-0.05, 0) is 12.1 Å². The Labute approximate surface area is 117 Å². The summed E-state index contributed by atoms with van der Waals surface area (Å²) in [6.07, 6.45) is 3.24. The molecule has 0 atom stereocenters. The van der Waals surface area contributed by atoms with Crippen LogP contribution in [-0.2, 0) is 13.6 Å². The minimum absolute atomic E-state index is 0.287. The second-order valence-electron chi connectivity index (χ2n) is 4.73. The highest BCUT2D eigenvalue weighted by molar-refractivity contribution is 5.88. The van der Waals surface area contributed by atoms with Crippen LogP contribution in [0.3, 0.4) is 0 Å². The maximum absolute atomic E-state index is 11.7. The smallest absolute Gasteiger partial charge is 0.319 e. The molecule has 0 unspecified atom stereocenters. The summed E-state index contributed by atoms with van der Waals surface area (Å²) in [5.74, 6) is 1.92. The predicted molar refractivity (Wildman–Crippen MR) is 75.2 cm³/mol. The second-order valence-corrected chi connectivity index (χ2v) is 4.73. The van der Waals surface area contributed by atoms with Gasteiger partial charge in [0.05, 0.1) is 6.54 Å². The van der Waals surface area contributed by atoms with Crippen LogP contribution in [0.5, 0.6) is 0 Å². The lowest BCUT2D eigenvalue weighted by Gasteiger charge is -2.08. The molecular weight excluding hydrogens is 256 g/mol. The molecular formula is C13H18N6O. The summed E-state index contributed by atoms with van der Waals surface area (Å²) < 4.78 is 1.90. The van der Waals surface area contributed by atoms with Crippen LogP contribution in [0, 0.1) is 0 Å². The Balaban J connectivity index is 1.91. The lowest BCUT2D eigenvalue weighted by molar-refractivity contribution is 0.251. The molecule has 2 aromatic rings. The van der Waals surface area contributed by atoms with Crippen LogP contribution < -0.4 is 10.6 Å². The Morgan fingerprint density at radius 3 is 2.60 bits per heavy atom. The van der Waals surface area contributed by atoms with Crippen LogP contribution in [0.2, 0.25) is 0 Å². The number of anilines is 1. The van der Waals surface area contributed by atoms with E-state index in [-0.39, 0.29) is 6.03 Å². The number of hydrogen-bond acceptors (Lipinski definition) is 4. The Kier molecular flexibility index (Phi) is 4.29. The van der Waals surface area contributed by atoms with Crippen molar-refractivity contribution >= 4 is 11.7 Å². The molecule has 0 radical (unpaired) electrons. The summed E-state index contributed by atoms with van der Waals surface area (Å²) in [6.45, 7) is 4.43. The van der Waals surface area contributed by atoms with E-state index >= 15 is 0 Å². The zero-order valence-corrected chi connectivity index (χ0v) is 11.8. The van der Waals surface area contributed by atoms with Crippen molar-refractivity contribution < 1.29 is 4.79 Å². The fourth-order valence-electron chi connectivity index (χ4n) is 1.80. The predicted octanol–water partition coefficient (Wildman–Crippen LogP) is 1.66. The molecule has 2 rings (SSSR count). The van der Waals surface area contributed by atoms with E-state index in [1.807, 2.05) is 11.6 Å². The fraction of sp³-hybridized carbons (Fsp3) is 0.385. The molecule has 2 N–H and O–H groups in total. The summed E-state index contributed by atoms with van der Waals surface area (Å²) in [5, 5.41) is 13.6. The topological polar surface area (TPSA) is 84.7 Å². The SMILES string of the molecule is CC(C)c1nnc(CNC(=O)Nc2ccncc2)n1C. The first-order valence-electron chi connectivity index (χ1n) is 6.41. The highest BCUT2D eigenvalue weighted by Gasteiger charge is 2.12. The van der Waals surface area contributed by atoms with Crippen LogP contribution in [0.1, 0.15) is 31.4 Å². The highest BCUT2D eigenvalue weighted by atomic mass is 16.2. The fourth-order valence-corrected chi connectivity index (χ4v) is 1.80. The molecule has 0 aliphatic carbocycles. The van der Waals surface area contributed by atoms with Crippen molar-refractivity contribution in [1.29, 1.82) is 0 Å². The van der Waals surface area contributed by atoms with Gasteiger partial charge in [-0.15, -0.1) is 10.2 Å². The molecule has 0 aromatic carbocycles. The Morgan fingerprint density at radius 1 is 1.30 bits per heavy atom. The first-order valence-corrected chi connectivity index (χ1v) is 6.41. The van der Waals surface area contributed by atoms with Gasteiger partial charge < -0.3 is 15.2 Å². The van der Waals surface area contributed by atoms with Gasteiger partial charge in [0, 0.05) is 31.0 Å². The second kappa shape index (κ2) is 6.14.